The summed E-state index contributed by atoms with van der Waals surface area (Å²) in [6.07, 6.45) is 0. The number of aromatic nitrogens is 1. The second-order valence-corrected chi connectivity index (χ2v) is 2.09. The van der Waals surface area contributed by atoms with Gasteiger partial charge in [0.05, 0.1) is 6.57 Å². The lowest BCUT2D eigenvalue weighted by atomic mass is 10.4. The van der Waals surface area contributed by atoms with Crippen LogP contribution in [0.1, 0.15) is 0 Å². The van der Waals surface area contributed by atoms with E-state index in [9.17, 15) is 0 Å². The predicted molar refractivity (Wildman–Crippen MR) is 41.8 cm³/mol. The van der Waals surface area contributed by atoms with Crippen LogP contribution in [0.4, 0.5) is 11.5 Å². The Morgan fingerprint density at radius 2 is 2.00 bits per heavy atom. The van der Waals surface area contributed by atoms with E-state index >= 15 is 0 Å². The number of pyridine rings is 1. The summed E-state index contributed by atoms with van der Waals surface area (Å²) < 4.78 is 0. The molecule has 0 atom stereocenters. The van der Waals surface area contributed by atoms with Crippen LogP contribution in [0.5, 0.6) is 0 Å². The van der Waals surface area contributed by atoms with Gasteiger partial charge in [0.2, 0.25) is 10.8 Å². The Kier molecular flexibility index (Phi) is 2.06. The van der Waals surface area contributed by atoms with Crippen LogP contribution in [0.25, 0.3) is 9.69 Å². The highest BCUT2D eigenvalue weighted by molar-refractivity contribution is 6.29. The van der Waals surface area contributed by atoms with Gasteiger partial charge in [-0.05, 0) is 17.7 Å². The highest BCUT2D eigenvalue weighted by Crippen LogP contribution is 2.26. The van der Waals surface area contributed by atoms with Crippen molar-refractivity contribution >= 4 is 23.1 Å². The fourth-order valence-corrected chi connectivity index (χ4v) is 0.731. The normalized spacial score (nSPS) is 8.27. The lowest BCUT2D eigenvalue weighted by molar-refractivity contribution is 1.36. The molecule has 0 bridgehead atoms. The molecule has 0 saturated carbocycles. The molecule has 0 aliphatic heterocycles. The molecule has 0 saturated heterocycles. The largest absolute Gasteiger partial charge is 0.371 e. The number of hydrogen-bond acceptors (Lipinski definition) is 1. The van der Waals surface area contributed by atoms with Crippen molar-refractivity contribution in [3.8, 4) is 0 Å². The topological polar surface area (TPSA) is 21.6 Å². The minimum Gasteiger partial charge on any atom is -0.371 e. The van der Waals surface area contributed by atoms with Gasteiger partial charge in [0.25, 0.3) is 5.82 Å². The van der Waals surface area contributed by atoms with E-state index < -0.39 is 0 Å². The second kappa shape index (κ2) is 3.01. The van der Waals surface area contributed by atoms with Gasteiger partial charge in [0.15, 0.2) is 0 Å². The number of nitrogens with zero attached hydrogens (tertiary/aromatic N) is 3. The van der Waals surface area contributed by atoms with Crippen molar-refractivity contribution in [2.75, 3.05) is 0 Å². The van der Waals surface area contributed by atoms with Gasteiger partial charge in [-0.15, -0.1) is 4.98 Å². The zero-order chi connectivity index (χ0) is 8.27. The monoisotopic (exact) mass is 163 g/mol. The maximum atomic E-state index is 6.66. The fraction of sp³-hybridized carbons (Fsp3) is 0. The van der Waals surface area contributed by atoms with Crippen LogP contribution in [0.15, 0.2) is 12.1 Å². The summed E-state index contributed by atoms with van der Waals surface area (Å²) in [6.45, 7) is 13.3. The van der Waals surface area contributed by atoms with Crippen molar-refractivity contribution in [3.63, 3.8) is 0 Å². The van der Waals surface area contributed by atoms with E-state index in [-0.39, 0.29) is 16.7 Å². The van der Waals surface area contributed by atoms with E-state index in [4.69, 9.17) is 24.7 Å². The molecule has 0 amide bonds. The first-order valence-electron chi connectivity index (χ1n) is 2.69. The molecule has 0 aliphatic rings. The quantitative estimate of drug-likeness (QED) is 0.426. The van der Waals surface area contributed by atoms with Crippen molar-refractivity contribution in [1.29, 1.82) is 0 Å². The molecule has 0 N–H and O–H groups in total. The van der Waals surface area contributed by atoms with Crippen LogP contribution in [-0.4, -0.2) is 4.98 Å². The van der Waals surface area contributed by atoms with Crippen LogP contribution < -0.4 is 0 Å². The third kappa shape index (κ3) is 1.46. The summed E-state index contributed by atoms with van der Waals surface area (Å²) in [5, 5.41) is 0.239. The minimum absolute atomic E-state index is 0.0625. The molecular weight excluding hydrogens is 162 g/mol. The van der Waals surface area contributed by atoms with Crippen LogP contribution in [0.2, 0.25) is 5.15 Å². The van der Waals surface area contributed by atoms with E-state index in [0.29, 0.717) is 0 Å². The molecule has 4 heteroatoms. The smallest absolute Gasteiger partial charge is 0.275 e. The summed E-state index contributed by atoms with van der Waals surface area (Å²) in [7, 11) is 0. The lowest BCUT2D eigenvalue weighted by Gasteiger charge is -1.90. The fourth-order valence-electron chi connectivity index (χ4n) is 0.587. The van der Waals surface area contributed by atoms with Crippen LogP contribution in [0, 0.1) is 13.1 Å². The molecule has 0 aromatic carbocycles. The van der Waals surface area contributed by atoms with Gasteiger partial charge in [-0.1, -0.05) is 12.6 Å². The Morgan fingerprint density at radius 3 is 2.55 bits per heavy atom. The predicted octanol–water partition coefficient (Wildman–Crippen LogP) is 2.84. The summed E-state index contributed by atoms with van der Waals surface area (Å²) in [5.41, 5.74) is 0.240. The van der Waals surface area contributed by atoms with Crippen molar-refractivity contribution in [2.24, 2.45) is 0 Å². The van der Waals surface area contributed by atoms with Crippen molar-refractivity contribution in [2.45, 2.75) is 0 Å². The van der Waals surface area contributed by atoms with Crippen LogP contribution >= 0.6 is 11.6 Å². The van der Waals surface area contributed by atoms with Gasteiger partial charge >= 0.3 is 0 Å². The molecule has 0 fully saturated rings. The summed E-state index contributed by atoms with van der Waals surface area (Å²) >= 11 is 5.50. The Labute approximate surface area is 68.9 Å². The number of hydrogen-bond donors (Lipinski definition) is 0. The Bertz CT molecular complexity index is 359. The Hall–Kier alpha value is -1.58. The van der Waals surface area contributed by atoms with E-state index in [0.717, 1.165) is 0 Å². The zero-order valence-electron chi connectivity index (χ0n) is 5.37. The SMILES string of the molecule is [C-]#[N+]c1ccc(Cl)nc1[N+]#[C-]. The van der Waals surface area contributed by atoms with Crippen LogP contribution in [0.3, 0.4) is 0 Å². The molecular formula is C7H2ClN3. The first-order valence-corrected chi connectivity index (χ1v) is 3.07. The number of halogens is 1. The molecule has 0 spiro atoms. The minimum atomic E-state index is 0.0625. The molecule has 0 radical (unpaired) electrons. The van der Waals surface area contributed by atoms with Gasteiger partial charge in [0, 0.05) is 0 Å². The third-order valence-electron chi connectivity index (χ3n) is 1.05. The third-order valence-corrected chi connectivity index (χ3v) is 1.26. The van der Waals surface area contributed by atoms with Crippen LogP contribution in [-0.2, 0) is 0 Å². The molecule has 0 aliphatic carbocycles. The molecule has 1 aromatic rings. The molecule has 11 heavy (non-hydrogen) atoms. The maximum absolute atomic E-state index is 6.66. The Balaban J connectivity index is 3.34. The first kappa shape index (κ1) is 7.53. The lowest BCUT2D eigenvalue weighted by Crippen LogP contribution is -1.72. The molecule has 3 nitrogen and oxygen atoms in total. The number of rotatable bonds is 0. The van der Waals surface area contributed by atoms with Gasteiger partial charge in [0.1, 0.15) is 0 Å². The molecule has 1 heterocycles. The van der Waals surface area contributed by atoms with E-state index in [2.05, 4.69) is 14.7 Å². The Morgan fingerprint density at radius 1 is 1.27 bits per heavy atom. The molecule has 1 aromatic heterocycles. The van der Waals surface area contributed by atoms with Crippen molar-refractivity contribution < 1.29 is 0 Å². The summed E-state index contributed by atoms with van der Waals surface area (Å²) in [4.78, 5) is 9.80. The average Bonchev–Trinajstić information content (AvgIpc) is 2.04. The molecule has 52 valence electrons. The standard InChI is InChI=1S/C7H2ClN3/c1-9-5-3-4-6(8)11-7(5)10-2/h3-4H. The van der Waals surface area contributed by atoms with Crippen molar-refractivity contribution in [1.82, 2.24) is 4.98 Å². The highest BCUT2D eigenvalue weighted by atomic mass is 35.5. The van der Waals surface area contributed by atoms with E-state index in [1.54, 1.807) is 0 Å². The van der Waals surface area contributed by atoms with Gasteiger partial charge in [-0.3, -0.25) is 0 Å². The molecule has 0 unspecified atom stereocenters. The zero-order valence-corrected chi connectivity index (χ0v) is 6.13. The molecule has 1 rings (SSSR count). The summed E-state index contributed by atoms with van der Waals surface area (Å²) in [6, 6.07) is 2.97. The maximum Gasteiger partial charge on any atom is 0.275 e. The van der Waals surface area contributed by atoms with E-state index in [1.165, 1.54) is 12.1 Å². The summed E-state index contributed by atoms with van der Waals surface area (Å²) in [5.74, 6) is 0.0625. The van der Waals surface area contributed by atoms with E-state index in [1.807, 2.05) is 0 Å². The highest BCUT2D eigenvalue weighted by Gasteiger charge is 2.04. The second-order valence-electron chi connectivity index (χ2n) is 1.70. The van der Waals surface area contributed by atoms with Crippen molar-refractivity contribution in [3.05, 3.63) is 40.1 Å². The van der Waals surface area contributed by atoms with Gasteiger partial charge < -0.3 is 4.85 Å². The first-order chi connectivity index (χ1) is 5.27. The average molecular weight is 164 g/mol. The van der Waals surface area contributed by atoms with Gasteiger partial charge in [-0.25, -0.2) is 4.85 Å². The van der Waals surface area contributed by atoms with Gasteiger partial charge in [-0.2, -0.15) is 0 Å².